The fourth-order valence-electron chi connectivity index (χ4n) is 5.48. The van der Waals surface area contributed by atoms with E-state index in [1.165, 1.54) is 33.4 Å². The average Bonchev–Trinajstić information content (AvgIpc) is 2.90. The van der Waals surface area contributed by atoms with Gasteiger partial charge in [0.15, 0.2) is 0 Å². The van der Waals surface area contributed by atoms with Crippen LogP contribution in [0.15, 0.2) is 24.3 Å². The van der Waals surface area contributed by atoms with Gasteiger partial charge in [-0.1, -0.05) is 71.5 Å². The summed E-state index contributed by atoms with van der Waals surface area (Å²) < 4.78 is 0. The fourth-order valence-corrected chi connectivity index (χ4v) is 12.5. The summed E-state index contributed by atoms with van der Waals surface area (Å²) in [6.45, 7) is 18.8. The standard InChI is InChI=1S/C22H30Si/c1-13-9-15(3)21(16(4)10-13)23(19(7)20(23)8)22-17(5)11-14(2)12-18(22)6/h9-12,19-20H,1-8H3/t19-,20+. The predicted molar refractivity (Wildman–Crippen MR) is 105 cm³/mol. The smallest absolute Gasteiger partial charge is 0.0643 e. The third-order valence-corrected chi connectivity index (χ3v) is 13.0. The zero-order valence-electron chi connectivity index (χ0n) is 16.0. The summed E-state index contributed by atoms with van der Waals surface area (Å²) in [4.78, 5) is 0. The third-order valence-electron chi connectivity index (χ3n) is 6.26. The van der Waals surface area contributed by atoms with E-state index in [2.05, 4.69) is 79.7 Å². The van der Waals surface area contributed by atoms with E-state index >= 15 is 0 Å². The number of rotatable bonds is 2. The Morgan fingerprint density at radius 3 is 1.04 bits per heavy atom. The molecule has 1 heterocycles. The molecule has 3 rings (SSSR count). The Kier molecular flexibility index (Phi) is 3.83. The number of hydrogen-bond donors (Lipinski definition) is 0. The van der Waals surface area contributed by atoms with E-state index < -0.39 is 8.07 Å². The highest BCUT2D eigenvalue weighted by Gasteiger charge is 2.65. The maximum Gasteiger partial charge on any atom is 0.125 e. The molecule has 0 N–H and O–H groups in total. The molecule has 2 aromatic carbocycles. The zero-order valence-corrected chi connectivity index (χ0v) is 17.0. The summed E-state index contributed by atoms with van der Waals surface area (Å²) in [6, 6.07) is 9.59. The molecule has 1 fully saturated rings. The summed E-state index contributed by atoms with van der Waals surface area (Å²) in [5.74, 6) is 0. The second kappa shape index (κ2) is 5.34. The predicted octanol–water partition coefficient (Wildman–Crippen LogP) is 4.89. The highest BCUT2D eigenvalue weighted by molar-refractivity contribution is 7.13. The van der Waals surface area contributed by atoms with Gasteiger partial charge in [-0.3, -0.25) is 0 Å². The zero-order chi connectivity index (χ0) is 17.1. The lowest BCUT2D eigenvalue weighted by Crippen LogP contribution is -2.52. The van der Waals surface area contributed by atoms with Gasteiger partial charge < -0.3 is 0 Å². The maximum absolute atomic E-state index is 2.49. The van der Waals surface area contributed by atoms with Crippen molar-refractivity contribution in [2.24, 2.45) is 0 Å². The molecule has 0 nitrogen and oxygen atoms in total. The molecule has 23 heavy (non-hydrogen) atoms. The monoisotopic (exact) mass is 322 g/mol. The first-order valence-electron chi connectivity index (χ1n) is 8.87. The average molecular weight is 323 g/mol. The second-order valence-corrected chi connectivity index (χ2v) is 12.6. The van der Waals surface area contributed by atoms with Crippen LogP contribution >= 0.6 is 0 Å². The van der Waals surface area contributed by atoms with E-state index in [-0.39, 0.29) is 0 Å². The quantitative estimate of drug-likeness (QED) is 0.690. The molecular formula is C22H30Si. The minimum Gasteiger partial charge on any atom is -0.0643 e. The molecule has 2 atom stereocenters. The molecule has 0 amide bonds. The molecule has 0 spiro atoms. The van der Waals surface area contributed by atoms with Gasteiger partial charge >= 0.3 is 0 Å². The van der Waals surface area contributed by atoms with E-state index in [1.807, 2.05) is 0 Å². The highest BCUT2D eigenvalue weighted by Crippen LogP contribution is 2.59. The van der Waals surface area contributed by atoms with E-state index in [0.717, 1.165) is 11.1 Å². The van der Waals surface area contributed by atoms with E-state index in [4.69, 9.17) is 0 Å². The molecular weight excluding hydrogens is 292 g/mol. The van der Waals surface area contributed by atoms with Crippen LogP contribution in [0.25, 0.3) is 0 Å². The largest absolute Gasteiger partial charge is 0.125 e. The van der Waals surface area contributed by atoms with Gasteiger partial charge in [-0.15, -0.1) is 0 Å². The molecule has 2 aromatic rings. The minimum absolute atomic E-state index is 0.836. The first-order valence-corrected chi connectivity index (χ1v) is 11.0. The van der Waals surface area contributed by atoms with Crippen LogP contribution in [0, 0.1) is 41.5 Å². The molecule has 1 saturated heterocycles. The van der Waals surface area contributed by atoms with Crippen molar-refractivity contribution >= 4 is 18.4 Å². The van der Waals surface area contributed by atoms with Crippen LogP contribution in [0.3, 0.4) is 0 Å². The number of aryl methyl sites for hydroxylation is 6. The number of benzene rings is 2. The van der Waals surface area contributed by atoms with Crippen LogP contribution < -0.4 is 10.4 Å². The van der Waals surface area contributed by atoms with Gasteiger partial charge in [0.1, 0.15) is 8.07 Å². The van der Waals surface area contributed by atoms with Crippen LogP contribution in [0.5, 0.6) is 0 Å². The summed E-state index contributed by atoms with van der Waals surface area (Å²) in [5, 5.41) is 3.44. The Labute approximate surface area is 143 Å². The van der Waals surface area contributed by atoms with E-state index in [0.29, 0.717) is 0 Å². The SMILES string of the molecule is Cc1cc(C)c([Si]2(c3c(C)cc(C)cc3C)[C@H](C)[C@@H]2C)c(C)c1. The lowest BCUT2D eigenvalue weighted by Gasteiger charge is -2.26. The van der Waals surface area contributed by atoms with Crippen LogP contribution in [0.4, 0.5) is 0 Å². The van der Waals surface area contributed by atoms with Crippen molar-refractivity contribution in [2.75, 3.05) is 0 Å². The van der Waals surface area contributed by atoms with E-state index in [1.54, 1.807) is 10.4 Å². The molecule has 0 aliphatic carbocycles. The van der Waals surface area contributed by atoms with Gasteiger partial charge in [-0.25, -0.2) is 0 Å². The van der Waals surface area contributed by atoms with Crippen LogP contribution in [-0.2, 0) is 0 Å². The van der Waals surface area contributed by atoms with Crippen molar-refractivity contribution in [1.29, 1.82) is 0 Å². The lowest BCUT2D eigenvalue weighted by atomic mass is 10.1. The maximum atomic E-state index is 2.49. The molecule has 1 heteroatoms. The Hall–Kier alpha value is -1.34. The van der Waals surface area contributed by atoms with Crippen molar-refractivity contribution in [1.82, 2.24) is 0 Å². The van der Waals surface area contributed by atoms with Crippen molar-refractivity contribution < 1.29 is 0 Å². The fraction of sp³-hybridized carbons (Fsp3) is 0.455. The first-order chi connectivity index (χ1) is 10.7. The van der Waals surface area contributed by atoms with Crippen molar-refractivity contribution in [3.05, 3.63) is 57.6 Å². The molecule has 0 radical (unpaired) electrons. The normalized spacial score (nSPS) is 22.3. The van der Waals surface area contributed by atoms with Crippen LogP contribution in [0.2, 0.25) is 11.1 Å². The van der Waals surface area contributed by atoms with Crippen LogP contribution in [0.1, 0.15) is 47.2 Å². The third kappa shape index (κ3) is 2.24. The second-order valence-electron chi connectivity index (χ2n) is 7.99. The summed E-state index contributed by atoms with van der Waals surface area (Å²) in [6.07, 6.45) is 0. The molecule has 0 bridgehead atoms. The topological polar surface area (TPSA) is 0 Å². The molecule has 1 aliphatic heterocycles. The molecule has 122 valence electrons. The molecule has 0 saturated carbocycles. The van der Waals surface area contributed by atoms with Gasteiger partial charge in [0, 0.05) is 0 Å². The van der Waals surface area contributed by atoms with E-state index in [9.17, 15) is 0 Å². The van der Waals surface area contributed by atoms with Gasteiger partial charge in [0.2, 0.25) is 0 Å². The molecule has 0 unspecified atom stereocenters. The van der Waals surface area contributed by atoms with Crippen molar-refractivity contribution in [3.63, 3.8) is 0 Å². The summed E-state index contributed by atoms with van der Waals surface area (Å²) >= 11 is 0. The minimum atomic E-state index is -1.64. The van der Waals surface area contributed by atoms with Gasteiger partial charge in [-0.05, 0) is 63.0 Å². The van der Waals surface area contributed by atoms with Crippen molar-refractivity contribution in [3.8, 4) is 0 Å². The first kappa shape index (κ1) is 16.5. The molecule has 1 aliphatic rings. The summed E-state index contributed by atoms with van der Waals surface area (Å²) in [5.41, 5.74) is 10.5. The summed E-state index contributed by atoms with van der Waals surface area (Å²) in [7, 11) is -1.64. The Balaban J connectivity index is 2.34. The Morgan fingerprint density at radius 1 is 0.565 bits per heavy atom. The lowest BCUT2D eigenvalue weighted by molar-refractivity contribution is 1.02. The highest BCUT2D eigenvalue weighted by atomic mass is 28.3. The number of hydrogen-bond acceptors (Lipinski definition) is 0. The Morgan fingerprint density at radius 2 is 0.826 bits per heavy atom. The van der Waals surface area contributed by atoms with Gasteiger partial charge in [0.05, 0.1) is 0 Å². The van der Waals surface area contributed by atoms with Crippen LogP contribution in [-0.4, -0.2) is 8.07 Å². The van der Waals surface area contributed by atoms with Gasteiger partial charge in [-0.2, -0.15) is 0 Å². The Bertz CT molecular complexity index is 671. The van der Waals surface area contributed by atoms with Crippen molar-refractivity contribution in [2.45, 2.75) is 66.5 Å². The molecule has 0 aromatic heterocycles. The van der Waals surface area contributed by atoms with Gasteiger partial charge in [0.25, 0.3) is 0 Å².